The molecule has 2 heterocycles. The molecular weight excluding hydrogens is 410 g/mol. The Hall–Kier alpha value is -2.40. The van der Waals surface area contributed by atoms with Crippen molar-refractivity contribution in [2.24, 2.45) is 0 Å². The molecule has 28 heavy (non-hydrogen) atoms. The lowest BCUT2D eigenvalue weighted by Gasteiger charge is -2.11. The summed E-state index contributed by atoms with van der Waals surface area (Å²) < 4.78 is 82.8. The largest absolute Gasteiger partial charge is 0.573 e. The number of fused-ring (bicyclic) bond motifs is 1. The Bertz CT molecular complexity index is 984. The Morgan fingerprint density at radius 1 is 1.04 bits per heavy atom. The van der Waals surface area contributed by atoms with Gasteiger partial charge in [-0.25, -0.2) is 9.97 Å². The number of nitrogens with zero attached hydrogens (tertiary/aromatic N) is 2. The van der Waals surface area contributed by atoms with Gasteiger partial charge in [-0.2, -0.15) is 13.2 Å². The Morgan fingerprint density at radius 2 is 1.79 bits per heavy atom. The number of thiophene rings is 1. The second-order valence-electron chi connectivity index (χ2n) is 5.75. The highest BCUT2D eigenvalue weighted by Gasteiger charge is 2.31. The smallest absolute Gasteiger partial charge is 0.406 e. The molecule has 0 aliphatic rings. The van der Waals surface area contributed by atoms with Crippen LogP contribution in [0.3, 0.4) is 0 Å². The van der Waals surface area contributed by atoms with E-state index in [1.165, 1.54) is 23.5 Å². The Balaban J connectivity index is 1.98. The standard InChI is InChI=1S/C17H12F6N2O2S/c1-9-5-12-14(10-3-2-4-11(6-10)27-17(21,22)23)24-13(25-15(12)28-9)7-26-8-16(18,19)20/h2-6H,7-8H2,1H3. The molecule has 11 heteroatoms. The molecule has 0 atom stereocenters. The van der Waals surface area contributed by atoms with Crippen LogP contribution in [0.2, 0.25) is 0 Å². The molecule has 0 saturated carbocycles. The van der Waals surface area contributed by atoms with Gasteiger partial charge in [-0.05, 0) is 25.1 Å². The van der Waals surface area contributed by atoms with Crippen LogP contribution in [-0.2, 0) is 11.3 Å². The fraction of sp³-hybridized carbons (Fsp3) is 0.294. The van der Waals surface area contributed by atoms with Gasteiger partial charge >= 0.3 is 12.5 Å². The van der Waals surface area contributed by atoms with Gasteiger partial charge in [-0.15, -0.1) is 24.5 Å². The number of halogens is 6. The van der Waals surface area contributed by atoms with Gasteiger partial charge in [0.15, 0.2) is 5.82 Å². The normalized spacial score (nSPS) is 12.5. The lowest BCUT2D eigenvalue weighted by atomic mass is 10.1. The number of hydrogen-bond donors (Lipinski definition) is 0. The topological polar surface area (TPSA) is 44.2 Å². The Kier molecular flexibility index (Phi) is 5.48. The fourth-order valence-corrected chi connectivity index (χ4v) is 3.37. The summed E-state index contributed by atoms with van der Waals surface area (Å²) >= 11 is 1.29. The number of rotatable bonds is 5. The third kappa shape index (κ3) is 5.32. The highest BCUT2D eigenvalue weighted by atomic mass is 32.1. The lowest BCUT2D eigenvalue weighted by Crippen LogP contribution is -2.17. The van der Waals surface area contributed by atoms with Crippen LogP contribution in [-0.4, -0.2) is 29.1 Å². The molecular formula is C17H12F6N2O2S. The molecule has 0 aliphatic heterocycles. The number of benzene rings is 1. The summed E-state index contributed by atoms with van der Waals surface area (Å²) in [4.78, 5) is 9.75. The molecule has 2 aromatic heterocycles. The minimum Gasteiger partial charge on any atom is -0.406 e. The fourth-order valence-electron chi connectivity index (χ4n) is 2.47. The zero-order valence-electron chi connectivity index (χ0n) is 14.2. The van der Waals surface area contributed by atoms with E-state index in [0.29, 0.717) is 15.8 Å². The maximum atomic E-state index is 12.5. The first kappa shape index (κ1) is 20.3. The number of hydrogen-bond acceptors (Lipinski definition) is 5. The van der Waals surface area contributed by atoms with E-state index in [-0.39, 0.29) is 11.5 Å². The van der Waals surface area contributed by atoms with Gasteiger partial charge in [0, 0.05) is 15.8 Å². The molecule has 0 aliphatic carbocycles. The third-order valence-electron chi connectivity index (χ3n) is 3.40. The van der Waals surface area contributed by atoms with Crippen molar-refractivity contribution >= 4 is 21.6 Å². The van der Waals surface area contributed by atoms with Crippen molar-refractivity contribution in [1.29, 1.82) is 0 Å². The Labute approximate surface area is 158 Å². The van der Waals surface area contributed by atoms with E-state index in [9.17, 15) is 26.3 Å². The molecule has 150 valence electrons. The van der Waals surface area contributed by atoms with Gasteiger partial charge in [0.1, 0.15) is 23.8 Å². The molecule has 1 aromatic carbocycles. The van der Waals surface area contributed by atoms with Crippen molar-refractivity contribution in [2.45, 2.75) is 26.1 Å². The van der Waals surface area contributed by atoms with E-state index < -0.39 is 31.5 Å². The second-order valence-corrected chi connectivity index (χ2v) is 6.98. The summed E-state index contributed by atoms with van der Waals surface area (Å²) in [5, 5.41) is 0.575. The van der Waals surface area contributed by atoms with Crippen LogP contribution in [0.15, 0.2) is 30.3 Å². The molecule has 0 unspecified atom stereocenters. The molecule has 0 amide bonds. The van der Waals surface area contributed by atoms with Gasteiger partial charge in [0.25, 0.3) is 0 Å². The number of aryl methyl sites for hydroxylation is 1. The molecule has 0 saturated heterocycles. The van der Waals surface area contributed by atoms with Gasteiger partial charge < -0.3 is 9.47 Å². The molecule has 0 bridgehead atoms. The van der Waals surface area contributed by atoms with Crippen molar-refractivity contribution in [2.75, 3.05) is 6.61 Å². The average Bonchev–Trinajstić information content (AvgIpc) is 2.91. The first-order valence-electron chi connectivity index (χ1n) is 7.78. The van der Waals surface area contributed by atoms with Crippen molar-refractivity contribution in [3.63, 3.8) is 0 Å². The monoisotopic (exact) mass is 422 g/mol. The minimum atomic E-state index is -4.85. The highest BCUT2D eigenvalue weighted by molar-refractivity contribution is 7.18. The van der Waals surface area contributed by atoms with Crippen molar-refractivity contribution in [3.05, 3.63) is 41.0 Å². The first-order valence-corrected chi connectivity index (χ1v) is 8.59. The van der Waals surface area contributed by atoms with Crippen LogP contribution in [0.4, 0.5) is 26.3 Å². The molecule has 0 fully saturated rings. The van der Waals surface area contributed by atoms with Crippen LogP contribution < -0.4 is 4.74 Å². The quantitative estimate of drug-likeness (QED) is 0.499. The van der Waals surface area contributed by atoms with E-state index in [1.807, 2.05) is 0 Å². The van der Waals surface area contributed by atoms with E-state index >= 15 is 0 Å². The maximum Gasteiger partial charge on any atom is 0.573 e. The summed E-state index contributed by atoms with van der Waals surface area (Å²) in [5.41, 5.74) is 0.594. The molecule has 0 spiro atoms. The van der Waals surface area contributed by atoms with Crippen LogP contribution in [0, 0.1) is 6.92 Å². The summed E-state index contributed by atoms with van der Waals surface area (Å²) in [6.07, 6.45) is -9.34. The molecule has 4 nitrogen and oxygen atoms in total. The summed E-state index contributed by atoms with van der Waals surface area (Å²) in [5.74, 6) is -0.436. The summed E-state index contributed by atoms with van der Waals surface area (Å²) in [7, 11) is 0. The van der Waals surface area contributed by atoms with Crippen molar-refractivity contribution < 1.29 is 35.8 Å². The number of aromatic nitrogens is 2. The minimum absolute atomic E-state index is 0.00394. The van der Waals surface area contributed by atoms with Gasteiger partial charge in [0.05, 0.1) is 5.69 Å². The second kappa shape index (κ2) is 7.55. The van der Waals surface area contributed by atoms with E-state index in [1.54, 1.807) is 13.0 Å². The maximum absolute atomic E-state index is 12.5. The van der Waals surface area contributed by atoms with E-state index in [0.717, 1.165) is 17.0 Å². The third-order valence-corrected chi connectivity index (χ3v) is 4.34. The zero-order valence-corrected chi connectivity index (χ0v) is 15.0. The van der Waals surface area contributed by atoms with Crippen molar-refractivity contribution in [3.8, 4) is 17.0 Å². The van der Waals surface area contributed by atoms with Crippen molar-refractivity contribution in [1.82, 2.24) is 9.97 Å². The molecule has 0 N–H and O–H groups in total. The summed E-state index contributed by atoms with van der Waals surface area (Å²) in [6.45, 7) is -0.139. The lowest BCUT2D eigenvalue weighted by molar-refractivity contribution is -0.274. The molecule has 0 radical (unpaired) electrons. The summed E-state index contributed by atoms with van der Waals surface area (Å²) in [6, 6.07) is 6.94. The molecule has 3 aromatic rings. The number of ether oxygens (including phenoxy) is 2. The van der Waals surface area contributed by atoms with Crippen LogP contribution >= 0.6 is 11.3 Å². The van der Waals surface area contributed by atoms with Gasteiger partial charge in [-0.1, -0.05) is 12.1 Å². The highest BCUT2D eigenvalue weighted by Crippen LogP contribution is 2.34. The SMILES string of the molecule is Cc1cc2c(-c3cccc(OC(F)(F)F)c3)nc(COCC(F)(F)F)nc2s1. The molecule has 3 rings (SSSR count). The van der Waals surface area contributed by atoms with Crippen LogP contribution in [0.25, 0.3) is 21.5 Å². The van der Waals surface area contributed by atoms with E-state index in [2.05, 4.69) is 19.4 Å². The van der Waals surface area contributed by atoms with Gasteiger partial charge in [-0.3, -0.25) is 0 Å². The first-order chi connectivity index (χ1) is 13.0. The predicted octanol–water partition coefficient (Wildman–Crippen LogP) is 5.64. The van der Waals surface area contributed by atoms with Crippen LogP contribution in [0.1, 0.15) is 10.7 Å². The van der Waals surface area contributed by atoms with Crippen LogP contribution in [0.5, 0.6) is 5.75 Å². The number of alkyl halides is 6. The zero-order chi connectivity index (χ0) is 20.5. The van der Waals surface area contributed by atoms with E-state index in [4.69, 9.17) is 0 Å². The van der Waals surface area contributed by atoms with Gasteiger partial charge in [0.2, 0.25) is 0 Å². The Morgan fingerprint density at radius 3 is 2.46 bits per heavy atom. The average molecular weight is 422 g/mol. The predicted molar refractivity (Wildman–Crippen MR) is 90.0 cm³/mol.